The highest BCUT2D eigenvalue weighted by Gasteiger charge is 2.23. The minimum absolute atomic E-state index is 0.0694. The summed E-state index contributed by atoms with van der Waals surface area (Å²) in [5.74, 6) is 6.26. The average Bonchev–Trinajstić information content (AvgIpc) is 2.75. The molecule has 0 radical (unpaired) electrons. The van der Waals surface area contributed by atoms with Crippen molar-refractivity contribution in [2.24, 2.45) is 10.9 Å². The summed E-state index contributed by atoms with van der Waals surface area (Å²) in [6.45, 7) is 9.03. The molecule has 0 aromatic heterocycles. The number of carbonyl (C=O) groups is 1. The molecule has 180 valence electrons. The van der Waals surface area contributed by atoms with Crippen molar-refractivity contribution in [3.63, 3.8) is 0 Å². The third kappa shape index (κ3) is 8.13. The smallest absolute Gasteiger partial charge is 0.254 e. The van der Waals surface area contributed by atoms with Gasteiger partial charge in [-0.15, -0.1) is 0 Å². The van der Waals surface area contributed by atoms with Gasteiger partial charge in [-0.1, -0.05) is 23.2 Å². The number of halogens is 2. The summed E-state index contributed by atoms with van der Waals surface area (Å²) < 4.78 is 11.5. The number of hydrogen-bond donors (Lipinski definition) is 1. The molecule has 1 amide bonds. The highest BCUT2D eigenvalue weighted by molar-refractivity contribution is 6.37. The van der Waals surface area contributed by atoms with Gasteiger partial charge in [-0.25, -0.2) is 0 Å². The molecule has 0 aliphatic rings. The van der Waals surface area contributed by atoms with Gasteiger partial charge in [0.1, 0.15) is 5.75 Å². The van der Waals surface area contributed by atoms with E-state index in [9.17, 15) is 4.79 Å². The van der Waals surface area contributed by atoms with Crippen molar-refractivity contribution < 1.29 is 14.3 Å². The summed E-state index contributed by atoms with van der Waals surface area (Å²) >= 11 is 12.8. The van der Waals surface area contributed by atoms with Crippen LogP contribution in [0.15, 0.2) is 41.5 Å². The zero-order chi connectivity index (χ0) is 24.4. The van der Waals surface area contributed by atoms with Crippen LogP contribution in [0.1, 0.15) is 62.9 Å². The predicted octanol–water partition coefficient (Wildman–Crippen LogP) is 6.17. The van der Waals surface area contributed by atoms with Crippen LogP contribution in [0.25, 0.3) is 0 Å². The normalized spacial score (nSPS) is 11.4. The summed E-state index contributed by atoms with van der Waals surface area (Å²) in [6, 6.07) is 11.0. The molecule has 2 N–H and O–H groups in total. The number of rotatable bonds is 12. The maximum absolute atomic E-state index is 12.9. The second kappa shape index (κ2) is 13.3. The molecule has 33 heavy (non-hydrogen) atoms. The Morgan fingerprint density at radius 2 is 1.52 bits per heavy atom. The molecular formula is C25H33Cl2N3O3. The van der Waals surface area contributed by atoms with Crippen LogP contribution >= 0.6 is 23.2 Å². The fourth-order valence-electron chi connectivity index (χ4n) is 3.52. The fourth-order valence-corrected chi connectivity index (χ4v) is 4.11. The predicted molar refractivity (Wildman–Crippen MR) is 136 cm³/mol. The largest absolute Gasteiger partial charge is 0.494 e. The number of nitrogens with two attached hydrogens (primary N) is 1. The highest BCUT2D eigenvalue weighted by Crippen LogP contribution is 2.35. The zero-order valence-corrected chi connectivity index (χ0v) is 21.2. The van der Waals surface area contributed by atoms with Gasteiger partial charge in [0.15, 0.2) is 5.75 Å². The van der Waals surface area contributed by atoms with E-state index >= 15 is 0 Å². The molecule has 0 saturated carbocycles. The van der Waals surface area contributed by atoms with E-state index in [1.54, 1.807) is 23.2 Å². The number of carbonyl (C=O) groups excluding carboxylic acids is 1. The molecule has 0 aliphatic heterocycles. The summed E-state index contributed by atoms with van der Waals surface area (Å²) in [5, 5.41) is 4.17. The first-order valence-corrected chi connectivity index (χ1v) is 11.9. The van der Waals surface area contributed by atoms with E-state index < -0.39 is 0 Å². The van der Waals surface area contributed by atoms with Gasteiger partial charge in [-0.3, -0.25) is 4.79 Å². The van der Waals surface area contributed by atoms with E-state index in [0.717, 1.165) is 30.6 Å². The summed E-state index contributed by atoms with van der Waals surface area (Å²) in [6.07, 6.45) is 4.24. The summed E-state index contributed by atoms with van der Waals surface area (Å²) in [4.78, 5) is 14.7. The van der Waals surface area contributed by atoms with Crippen LogP contribution in [0, 0.1) is 0 Å². The molecule has 0 atom stereocenters. The standard InChI is InChI=1S/C25H33Cl2N3O3/c1-17(2)30(18(3)4)25(31)20-14-22(26)24(23(27)15-20)33-13-7-5-6-12-32-21-10-8-19(9-11-21)16-29-28/h8-11,14-18H,5-7,12-13,28H2,1-4H3. The molecule has 0 spiro atoms. The lowest BCUT2D eigenvalue weighted by molar-refractivity contribution is 0.0643. The van der Waals surface area contributed by atoms with Crippen LogP contribution in [-0.2, 0) is 0 Å². The fraction of sp³-hybridized carbons (Fsp3) is 0.440. The van der Waals surface area contributed by atoms with Crippen LogP contribution in [0.4, 0.5) is 0 Å². The number of ether oxygens (including phenoxy) is 2. The van der Waals surface area contributed by atoms with Gasteiger partial charge in [0.05, 0.1) is 29.5 Å². The first kappa shape index (κ1) is 26.8. The van der Waals surface area contributed by atoms with E-state index in [1.165, 1.54) is 0 Å². The quantitative estimate of drug-likeness (QED) is 0.166. The minimum Gasteiger partial charge on any atom is -0.494 e. The summed E-state index contributed by atoms with van der Waals surface area (Å²) in [7, 11) is 0. The van der Waals surface area contributed by atoms with Gasteiger partial charge in [0, 0.05) is 17.6 Å². The Bertz CT molecular complexity index is 900. The Morgan fingerprint density at radius 3 is 2.03 bits per heavy atom. The Kier molecular flexibility index (Phi) is 10.8. The second-order valence-corrected chi connectivity index (χ2v) is 9.09. The van der Waals surface area contributed by atoms with Gasteiger partial charge in [-0.2, -0.15) is 5.10 Å². The van der Waals surface area contributed by atoms with Crippen LogP contribution in [0.3, 0.4) is 0 Å². The Labute approximate surface area is 206 Å². The van der Waals surface area contributed by atoms with Crippen molar-refractivity contribution in [3.05, 3.63) is 57.6 Å². The van der Waals surface area contributed by atoms with Crippen molar-refractivity contribution in [1.29, 1.82) is 0 Å². The molecule has 0 heterocycles. The molecule has 2 aromatic carbocycles. The van der Waals surface area contributed by atoms with Crippen LogP contribution in [-0.4, -0.2) is 42.3 Å². The third-order valence-corrected chi connectivity index (χ3v) is 5.56. The van der Waals surface area contributed by atoms with Gasteiger partial charge < -0.3 is 20.2 Å². The van der Waals surface area contributed by atoms with Crippen molar-refractivity contribution in [2.75, 3.05) is 13.2 Å². The topological polar surface area (TPSA) is 77.2 Å². The van der Waals surface area contributed by atoms with Crippen LogP contribution < -0.4 is 15.3 Å². The summed E-state index contributed by atoms with van der Waals surface area (Å²) in [5.41, 5.74) is 1.38. The minimum atomic E-state index is -0.0995. The van der Waals surface area contributed by atoms with Gasteiger partial charge in [0.2, 0.25) is 0 Å². The van der Waals surface area contributed by atoms with Gasteiger partial charge in [-0.05, 0) is 88.9 Å². The molecule has 6 nitrogen and oxygen atoms in total. The first-order valence-electron chi connectivity index (χ1n) is 11.1. The highest BCUT2D eigenvalue weighted by atomic mass is 35.5. The Hall–Kier alpha value is -2.44. The molecule has 0 aliphatic carbocycles. The molecule has 2 aromatic rings. The van der Waals surface area contributed by atoms with Crippen LogP contribution in [0.2, 0.25) is 10.0 Å². The van der Waals surface area contributed by atoms with Crippen molar-refractivity contribution in [1.82, 2.24) is 4.90 Å². The molecule has 0 fully saturated rings. The molecule has 0 unspecified atom stereocenters. The van der Waals surface area contributed by atoms with Crippen molar-refractivity contribution >= 4 is 35.3 Å². The number of unbranched alkanes of at least 4 members (excludes halogenated alkanes) is 2. The van der Waals surface area contributed by atoms with E-state index in [0.29, 0.717) is 34.6 Å². The Balaban J connectivity index is 1.79. The van der Waals surface area contributed by atoms with Crippen molar-refractivity contribution in [2.45, 2.75) is 59.0 Å². The lowest BCUT2D eigenvalue weighted by Crippen LogP contribution is -2.42. The van der Waals surface area contributed by atoms with Gasteiger partial charge in [0.25, 0.3) is 5.91 Å². The number of nitrogens with zero attached hydrogens (tertiary/aromatic N) is 2. The average molecular weight is 494 g/mol. The number of amides is 1. The first-order chi connectivity index (χ1) is 15.7. The second-order valence-electron chi connectivity index (χ2n) is 8.27. The molecule has 0 bridgehead atoms. The number of hydrogen-bond acceptors (Lipinski definition) is 5. The Morgan fingerprint density at radius 1 is 0.970 bits per heavy atom. The van der Waals surface area contributed by atoms with E-state index in [4.69, 9.17) is 38.5 Å². The SMILES string of the molecule is CC(C)N(C(=O)c1cc(Cl)c(OCCCCCOc2ccc(C=NN)cc2)c(Cl)c1)C(C)C. The molecule has 0 saturated heterocycles. The third-order valence-electron chi connectivity index (χ3n) is 5.00. The maximum Gasteiger partial charge on any atom is 0.254 e. The number of benzene rings is 2. The van der Waals surface area contributed by atoms with Crippen molar-refractivity contribution in [3.8, 4) is 11.5 Å². The van der Waals surface area contributed by atoms with Crippen LogP contribution in [0.5, 0.6) is 11.5 Å². The van der Waals surface area contributed by atoms with E-state index in [1.807, 2.05) is 52.0 Å². The maximum atomic E-state index is 12.9. The monoisotopic (exact) mass is 493 g/mol. The number of hydrazone groups is 1. The molecule has 2 rings (SSSR count). The zero-order valence-electron chi connectivity index (χ0n) is 19.7. The molecule has 8 heteroatoms. The molecular weight excluding hydrogens is 461 g/mol. The lowest BCUT2D eigenvalue weighted by Gasteiger charge is -2.31. The van der Waals surface area contributed by atoms with E-state index in [2.05, 4.69) is 5.10 Å². The van der Waals surface area contributed by atoms with Gasteiger partial charge >= 0.3 is 0 Å². The van der Waals surface area contributed by atoms with E-state index in [-0.39, 0.29) is 18.0 Å². The lowest BCUT2D eigenvalue weighted by atomic mass is 10.1.